The number of likely N-dealkylation sites (tertiary alicyclic amines) is 1. The Morgan fingerprint density at radius 1 is 1.39 bits per heavy atom. The molecule has 1 unspecified atom stereocenters. The average Bonchev–Trinajstić information content (AvgIpc) is 2.30. The Hall–Kier alpha value is -0.730. The minimum absolute atomic E-state index is 0. The van der Waals surface area contributed by atoms with Gasteiger partial charge in [-0.25, -0.2) is 0 Å². The first-order valence-electron chi connectivity index (χ1n) is 6.84. The predicted molar refractivity (Wildman–Crippen MR) is 81.0 cm³/mol. The van der Waals surface area contributed by atoms with E-state index in [0.29, 0.717) is 0 Å². The highest BCUT2D eigenvalue weighted by molar-refractivity contribution is 5.85. The van der Waals surface area contributed by atoms with Crippen LogP contribution in [-0.4, -0.2) is 18.0 Å². The van der Waals surface area contributed by atoms with Gasteiger partial charge in [-0.05, 0) is 49.4 Å². The molecule has 2 rings (SSSR count). The number of nitrogens with zero attached hydrogens (tertiary/aromatic N) is 1. The fraction of sp³-hybridized carbons (Fsp3) is 0.600. The van der Waals surface area contributed by atoms with Gasteiger partial charge < -0.3 is 5.73 Å². The summed E-state index contributed by atoms with van der Waals surface area (Å²) < 4.78 is 0. The summed E-state index contributed by atoms with van der Waals surface area (Å²) in [6.07, 6.45) is 5.47. The number of hydrogen-bond acceptors (Lipinski definition) is 2. The third kappa shape index (κ3) is 4.51. The van der Waals surface area contributed by atoms with E-state index in [1.807, 2.05) is 6.07 Å². The molecule has 1 saturated heterocycles. The van der Waals surface area contributed by atoms with Crippen molar-refractivity contribution < 1.29 is 0 Å². The Kier molecular flexibility index (Phi) is 6.51. The second-order valence-electron chi connectivity index (χ2n) is 5.28. The zero-order valence-corrected chi connectivity index (χ0v) is 12.1. The monoisotopic (exact) mass is 268 g/mol. The zero-order chi connectivity index (χ0) is 12.1. The van der Waals surface area contributed by atoms with Crippen LogP contribution in [0.3, 0.4) is 0 Å². The molecular formula is C15H25ClN2. The van der Waals surface area contributed by atoms with Crippen LogP contribution >= 0.6 is 12.4 Å². The molecule has 1 aliphatic heterocycles. The molecule has 1 aromatic carbocycles. The fourth-order valence-electron chi connectivity index (χ4n) is 2.89. The minimum atomic E-state index is 0. The highest BCUT2D eigenvalue weighted by atomic mass is 35.5. The number of nitrogen functional groups attached to an aromatic ring is 1. The number of piperidine rings is 1. The van der Waals surface area contributed by atoms with E-state index in [9.17, 15) is 0 Å². The van der Waals surface area contributed by atoms with Crippen molar-refractivity contribution in [1.29, 1.82) is 0 Å². The van der Waals surface area contributed by atoms with E-state index in [1.165, 1.54) is 44.3 Å². The van der Waals surface area contributed by atoms with Crippen LogP contribution in [0, 0.1) is 5.92 Å². The van der Waals surface area contributed by atoms with Gasteiger partial charge in [0.1, 0.15) is 0 Å². The van der Waals surface area contributed by atoms with E-state index in [4.69, 9.17) is 5.73 Å². The van der Waals surface area contributed by atoms with Gasteiger partial charge in [0.05, 0.1) is 0 Å². The number of hydrogen-bond donors (Lipinski definition) is 1. The fourth-order valence-corrected chi connectivity index (χ4v) is 2.89. The van der Waals surface area contributed by atoms with Crippen molar-refractivity contribution in [2.45, 2.75) is 39.2 Å². The molecule has 0 aromatic heterocycles. The first-order chi connectivity index (χ1) is 8.28. The normalized spacial score (nSPS) is 20.4. The van der Waals surface area contributed by atoms with E-state index in [2.05, 4.69) is 30.0 Å². The third-order valence-corrected chi connectivity index (χ3v) is 3.66. The second kappa shape index (κ2) is 7.65. The van der Waals surface area contributed by atoms with E-state index >= 15 is 0 Å². The SMILES string of the molecule is CCCC1CCCN(Cc2cccc(N)c2)C1.Cl. The second-order valence-corrected chi connectivity index (χ2v) is 5.28. The molecule has 0 saturated carbocycles. The van der Waals surface area contributed by atoms with E-state index in [-0.39, 0.29) is 12.4 Å². The third-order valence-electron chi connectivity index (χ3n) is 3.66. The van der Waals surface area contributed by atoms with Gasteiger partial charge in [0.15, 0.2) is 0 Å². The van der Waals surface area contributed by atoms with Gasteiger partial charge in [-0.2, -0.15) is 0 Å². The van der Waals surface area contributed by atoms with Gasteiger partial charge in [0.2, 0.25) is 0 Å². The Labute approximate surface area is 117 Å². The molecular weight excluding hydrogens is 244 g/mol. The highest BCUT2D eigenvalue weighted by Crippen LogP contribution is 2.22. The number of rotatable bonds is 4. The Balaban J connectivity index is 0.00000162. The van der Waals surface area contributed by atoms with Crippen LogP contribution in [0.5, 0.6) is 0 Å². The van der Waals surface area contributed by atoms with Crippen molar-refractivity contribution >= 4 is 18.1 Å². The summed E-state index contributed by atoms with van der Waals surface area (Å²) in [5, 5.41) is 0. The Bertz CT molecular complexity index is 352. The lowest BCUT2D eigenvalue weighted by Crippen LogP contribution is -2.34. The van der Waals surface area contributed by atoms with Gasteiger partial charge in [-0.3, -0.25) is 4.90 Å². The summed E-state index contributed by atoms with van der Waals surface area (Å²) in [6, 6.07) is 8.29. The molecule has 0 amide bonds. The molecule has 0 bridgehead atoms. The molecule has 18 heavy (non-hydrogen) atoms. The largest absolute Gasteiger partial charge is 0.399 e. The molecule has 1 heterocycles. The molecule has 0 radical (unpaired) electrons. The molecule has 1 atom stereocenters. The lowest BCUT2D eigenvalue weighted by Gasteiger charge is -2.32. The maximum absolute atomic E-state index is 5.82. The van der Waals surface area contributed by atoms with Gasteiger partial charge in [0.25, 0.3) is 0 Å². The van der Waals surface area contributed by atoms with Crippen molar-refractivity contribution in [1.82, 2.24) is 4.90 Å². The summed E-state index contributed by atoms with van der Waals surface area (Å²) in [5.74, 6) is 0.912. The quantitative estimate of drug-likeness (QED) is 0.844. The molecule has 2 N–H and O–H groups in total. The first kappa shape index (κ1) is 15.3. The van der Waals surface area contributed by atoms with E-state index < -0.39 is 0 Å². The topological polar surface area (TPSA) is 29.3 Å². The lowest BCUT2D eigenvalue weighted by molar-refractivity contribution is 0.161. The summed E-state index contributed by atoms with van der Waals surface area (Å²) in [5.41, 5.74) is 8.05. The van der Waals surface area contributed by atoms with Crippen LogP contribution in [0.1, 0.15) is 38.2 Å². The minimum Gasteiger partial charge on any atom is -0.399 e. The van der Waals surface area contributed by atoms with Crippen molar-refractivity contribution in [2.24, 2.45) is 5.92 Å². The number of anilines is 1. The molecule has 0 aliphatic carbocycles. The van der Waals surface area contributed by atoms with Crippen LogP contribution in [0.25, 0.3) is 0 Å². The van der Waals surface area contributed by atoms with Gasteiger partial charge in [0, 0.05) is 18.8 Å². The Morgan fingerprint density at radius 2 is 2.22 bits per heavy atom. The lowest BCUT2D eigenvalue weighted by atomic mass is 9.93. The molecule has 0 spiro atoms. The highest BCUT2D eigenvalue weighted by Gasteiger charge is 2.18. The summed E-state index contributed by atoms with van der Waals surface area (Å²) in [4.78, 5) is 2.58. The standard InChI is InChI=1S/C15H24N2.ClH/c1-2-5-13-7-4-9-17(11-13)12-14-6-3-8-15(16)10-14;/h3,6,8,10,13H,2,4-5,7,9,11-12,16H2,1H3;1H. The van der Waals surface area contributed by atoms with Crippen LogP contribution in [-0.2, 0) is 6.54 Å². The molecule has 1 fully saturated rings. The van der Waals surface area contributed by atoms with Crippen LogP contribution < -0.4 is 5.73 Å². The molecule has 2 nitrogen and oxygen atoms in total. The van der Waals surface area contributed by atoms with Crippen LogP contribution in [0.15, 0.2) is 24.3 Å². The zero-order valence-electron chi connectivity index (χ0n) is 11.3. The van der Waals surface area contributed by atoms with E-state index in [0.717, 1.165) is 18.2 Å². The van der Waals surface area contributed by atoms with Crippen molar-refractivity contribution in [2.75, 3.05) is 18.8 Å². The average molecular weight is 269 g/mol. The maximum atomic E-state index is 5.82. The number of halogens is 1. The van der Waals surface area contributed by atoms with Crippen molar-refractivity contribution in [3.05, 3.63) is 29.8 Å². The van der Waals surface area contributed by atoms with E-state index in [1.54, 1.807) is 0 Å². The summed E-state index contributed by atoms with van der Waals surface area (Å²) in [7, 11) is 0. The smallest absolute Gasteiger partial charge is 0.0317 e. The maximum Gasteiger partial charge on any atom is 0.0317 e. The van der Waals surface area contributed by atoms with Gasteiger partial charge in [-0.15, -0.1) is 12.4 Å². The number of benzene rings is 1. The summed E-state index contributed by atoms with van der Waals surface area (Å²) >= 11 is 0. The van der Waals surface area contributed by atoms with Gasteiger partial charge in [-0.1, -0.05) is 25.5 Å². The first-order valence-corrected chi connectivity index (χ1v) is 6.84. The molecule has 102 valence electrons. The summed E-state index contributed by atoms with van der Waals surface area (Å²) in [6.45, 7) is 5.86. The molecule has 1 aliphatic rings. The van der Waals surface area contributed by atoms with Gasteiger partial charge >= 0.3 is 0 Å². The predicted octanol–water partition coefficient (Wildman–Crippen LogP) is 3.70. The van der Waals surface area contributed by atoms with Crippen LogP contribution in [0.4, 0.5) is 5.69 Å². The molecule has 1 aromatic rings. The van der Waals surface area contributed by atoms with Crippen molar-refractivity contribution in [3.63, 3.8) is 0 Å². The van der Waals surface area contributed by atoms with Crippen molar-refractivity contribution in [3.8, 4) is 0 Å². The van der Waals surface area contributed by atoms with Crippen LogP contribution in [0.2, 0.25) is 0 Å². The Morgan fingerprint density at radius 3 is 2.94 bits per heavy atom. The number of nitrogens with two attached hydrogens (primary N) is 1. The molecule has 3 heteroatoms.